The second-order valence-electron chi connectivity index (χ2n) is 17.7. The molecule has 0 aromatic carbocycles. The van der Waals surface area contributed by atoms with Crippen molar-refractivity contribution in [3.8, 4) is 0 Å². The summed E-state index contributed by atoms with van der Waals surface area (Å²) in [7, 11) is 0. The molecule has 9 nitrogen and oxygen atoms in total. The number of nitrogens with one attached hydrogen (secondary N) is 1. The molecule has 1 amide bonds. The molecule has 0 radical (unpaired) electrons. The van der Waals surface area contributed by atoms with E-state index < -0.39 is 49.0 Å². The molecule has 6 N–H and O–H groups in total. The molecule has 1 saturated heterocycles. The number of rotatable bonds is 41. The topological polar surface area (TPSA) is 149 Å². The van der Waals surface area contributed by atoms with Crippen LogP contribution in [0.15, 0.2) is 0 Å². The largest absolute Gasteiger partial charge is 0.390 e. The Hall–Kier alpha value is -0.810. The fourth-order valence-electron chi connectivity index (χ4n) is 8.21. The van der Waals surface area contributed by atoms with Gasteiger partial charge in [-0.25, -0.2) is 0 Å². The Morgan fingerprint density at radius 3 is 1.26 bits per heavy atom. The number of hydrogen-bond donors (Lipinski definition) is 6. The van der Waals surface area contributed by atoms with E-state index in [9.17, 15) is 30.3 Å². The highest BCUT2D eigenvalue weighted by Gasteiger charge is 2.43. The number of carbonyl (C=O) groups excluding carboxylic acids is 1. The van der Waals surface area contributed by atoms with Gasteiger partial charge in [-0.2, -0.15) is 0 Å². The van der Waals surface area contributed by atoms with E-state index in [1.54, 1.807) is 6.92 Å². The summed E-state index contributed by atoms with van der Waals surface area (Å²) in [6.07, 6.45) is 34.2. The molecule has 0 aromatic heterocycles. The molecule has 9 heteroatoms. The predicted octanol–water partition coefficient (Wildman–Crippen LogP) is 10.7. The zero-order chi connectivity index (χ0) is 41.8. The molecule has 3 unspecified atom stereocenters. The summed E-state index contributed by atoms with van der Waals surface area (Å²) < 4.78 is 11.3. The van der Waals surface area contributed by atoms with Crippen molar-refractivity contribution >= 4 is 5.91 Å². The van der Waals surface area contributed by atoms with Crippen molar-refractivity contribution in [2.45, 2.75) is 294 Å². The Balaban J connectivity index is 2.26. The van der Waals surface area contributed by atoms with Crippen LogP contribution in [0.25, 0.3) is 0 Å². The third-order valence-electron chi connectivity index (χ3n) is 12.3. The SMILES string of the molecule is CCCCCCCCCCCCCCCCCCCCCCCC(=O)N[C@@H](COC1OC(C)[C@@H](O)[C@H](O)C1O)[C@H](O)[C@H](O)CCCCCCCCCCCCCC. The normalized spacial score (nSPS) is 21.4. The predicted molar refractivity (Wildman–Crippen MR) is 235 cm³/mol. The van der Waals surface area contributed by atoms with Gasteiger partial charge >= 0.3 is 0 Å². The lowest BCUT2D eigenvalue weighted by Gasteiger charge is -2.39. The summed E-state index contributed by atoms with van der Waals surface area (Å²) in [6, 6.07) is -0.921. The Morgan fingerprint density at radius 1 is 0.526 bits per heavy atom. The van der Waals surface area contributed by atoms with Crippen molar-refractivity contribution in [2.75, 3.05) is 6.61 Å². The van der Waals surface area contributed by atoms with Gasteiger partial charge in [-0.05, 0) is 19.8 Å². The molecular weight excluding hydrogens is 719 g/mol. The van der Waals surface area contributed by atoms with Gasteiger partial charge < -0.3 is 40.3 Å². The molecule has 8 atom stereocenters. The first-order chi connectivity index (χ1) is 27.7. The number of hydrogen-bond acceptors (Lipinski definition) is 8. The van der Waals surface area contributed by atoms with E-state index in [0.717, 1.165) is 38.5 Å². The fraction of sp³-hybridized carbons (Fsp3) is 0.979. The molecule has 340 valence electrons. The van der Waals surface area contributed by atoms with Crippen LogP contribution < -0.4 is 5.32 Å². The van der Waals surface area contributed by atoms with E-state index in [4.69, 9.17) is 9.47 Å². The van der Waals surface area contributed by atoms with E-state index >= 15 is 0 Å². The minimum absolute atomic E-state index is 0.216. The molecule has 57 heavy (non-hydrogen) atoms. The quantitative estimate of drug-likeness (QED) is 0.0334. The van der Waals surface area contributed by atoms with Gasteiger partial charge in [0.2, 0.25) is 5.91 Å². The van der Waals surface area contributed by atoms with Gasteiger partial charge in [0.05, 0.1) is 24.9 Å². The van der Waals surface area contributed by atoms with Crippen LogP contribution in [0.1, 0.15) is 245 Å². The lowest BCUT2D eigenvalue weighted by atomic mass is 9.98. The van der Waals surface area contributed by atoms with Crippen LogP contribution in [0.2, 0.25) is 0 Å². The lowest BCUT2D eigenvalue weighted by Crippen LogP contribution is -2.58. The third kappa shape index (κ3) is 29.1. The maximum Gasteiger partial charge on any atom is 0.220 e. The minimum Gasteiger partial charge on any atom is -0.390 e. The number of amides is 1. The molecule has 0 aliphatic carbocycles. The van der Waals surface area contributed by atoms with Crippen molar-refractivity contribution in [2.24, 2.45) is 0 Å². The monoisotopic (exact) mass is 814 g/mol. The number of ether oxygens (including phenoxy) is 2. The van der Waals surface area contributed by atoms with Gasteiger partial charge in [0.1, 0.15) is 24.4 Å². The van der Waals surface area contributed by atoms with Gasteiger partial charge in [0.15, 0.2) is 6.29 Å². The molecule has 1 fully saturated rings. The molecule has 1 rings (SSSR count). The Morgan fingerprint density at radius 2 is 0.877 bits per heavy atom. The van der Waals surface area contributed by atoms with Crippen LogP contribution in [0, 0.1) is 0 Å². The first-order valence-electron chi connectivity index (χ1n) is 24.7. The zero-order valence-electron chi connectivity index (χ0n) is 37.5. The molecule has 0 spiro atoms. The van der Waals surface area contributed by atoms with Crippen LogP contribution >= 0.6 is 0 Å². The maximum atomic E-state index is 13.0. The highest BCUT2D eigenvalue weighted by atomic mass is 16.7. The van der Waals surface area contributed by atoms with Crippen LogP contribution in [-0.4, -0.2) is 87.0 Å². The second-order valence-corrected chi connectivity index (χ2v) is 17.7. The van der Waals surface area contributed by atoms with Crippen molar-refractivity contribution < 1.29 is 39.8 Å². The standard InChI is InChI=1S/C48H95NO8/c1-4-6-8-10-12-14-16-18-19-20-21-22-23-24-25-26-28-30-32-34-36-38-43(51)49-41(39-56-48-47(55)46(54)44(52)40(3)57-48)45(53)42(50)37-35-33-31-29-27-17-15-13-11-9-7-5-2/h40-42,44-48,50,52-55H,4-39H2,1-3H3,(H,49,51)/t40?,41-,42+,44+,45-,46-,47?,48?/m0/s1. The van der Waals surface area contributed by atoms with E-state index in [2.05, 4.69) is 19.2 Å². The number of aliphatic hydroxyl groups is 5. The summed E-state index contributed by atoms with van der Waals surface area (Å²) in [4.78, 5) is 13.0. The van der Waals surface area contributed by atoms with Gasteiger partial charge in [0.25, 0.3) is 0 Å². The Kier molecular flexibility index (Phi) is 36.3. The second kappa shape index (κ2) is 38.1. The van der Waals surface area contributed by atoms with Crippen LogP contribution in [0.5, 0.6) is 0 Å². The summed E-state index contributed by atoms with van der Waals surface area (Å²) in [5, 5.41) is 55.6. The van der Waals surface area contributed by atoms with Crippen molar-refractivity contribution in [1.29, 1.82) is 0 Å². The minimum atomic E-state index is -1.49. The first-order valence-corrected chi connectivity index (χ1v) is 24.7. The Bertz CT molecular complexity index is 879. The van der Waals surface area contributed by atoms with Gasteiger partial charge in [0, 0.05) is 6.42 Å². The number of carbonyl (C=O) groups is 1. The number of aliphatic hydroxyl groups excluding tert-OH is 5. The highest BCUT2D eigenvalue weighted by molar-refractivity contribution is 5.76. The van der Waals surface area contributed by atoms with Crippen molar-refractivity contribution in [3.05, 3.63) is 0 Å². The average Bonchev–Trinajstić information content (AvgIpc) is 3.20. The highest BCUT2D eigenvalue weighted by Crippen LogP contribution is 2.23. The van der Waals surface area contributed by atoms with Gasteiger partial charge in [-0.3, -0.25) is 4.79 Å². The van der Waals surface area contributed by atoms with Crippen molar-refractivity contribution in [1.82, 2.24) is 5.32 Å². The van der Waals surface area contributed by atoms with E-state index in [1.165, 1.54) is 173 Å². The summed E-state index contributed by atoms with van der Waals surface area (Å²) in [5.74, 6) is -0.216. The molecular formula is C48H95NO8. The Labute approximate surface area is 351 Å². The van der Waals surface area contributed by atoms with Gasteiger partial charge in [-0.15, -0.1) is 0 Å². The van der Waals surface area contributed by atoms with Gasteiger partial charge in [-0.1, -0.05) is 219 Å². The molecule has 1 heterocycles. The van der Waals surface area contributed by atoms with Crippen LogP contribution in [-0.2, 0) is 14.3 Å². The molecule has 1 aliphatic heterocycles. The molecule has 0 saturated carbocycles. The van der Waals surface area contributed by atoms with Crippen LogP contribution in [0.4, 0.5) is 0 Å². The molecule has 1 aliphatic rings. The third-order valence-corrected chi connectivity index (χ3v) is 12.3. The number of unbranched alkanes of at least 4 members (excludes halogenated alkanes) is 31. The lowest BCUT2D eigenvalue weighted by molar-refractivity contribution is -0.295. The van der Waals surface area contributed by atoms with E-state index in [-0.39, 0.29) is 12.5 Å². The summed E-state index contributed by atoms with van der Waals surface area (Å²) in [5.41, 5.74) is 0. The van der Waals surface area contributed by atoms with E-state index in [0.29, 0.717) is 12.8 Å². The van der Waals surface area contributed by atoms with Crippen LogP contribution in [0.3, 0.4) is 0 Å². The van der Waals surface area contributed by atoms with E-state index in [1.807, 2.05) is 0 Å². The maximum absolute atomic E-state index is 13.0. The summed E-state index contributed by atoms with van der Waals surface area (Å²) in [6.45, 7) is 5.88. The zero-order valence-corrected chi connectivity index (χ0v) is 37.5. The van der Waals surface area contributed by atoms with Crippen molar-refractivity contribution in [3.63, 3.8) is 0 Å². The first kappa shape index (κ1) is 54.2. The molecule has 0 bridgehead atoms. The fourth-order valence-corrected chi connectivity index (χ4v) is 8.21. The molecule has 0 aromatic rings. The smallest absolute Gasteiger partial charge is 0.220 e. The average molecular weight is 814 g/mol. The summed E-state index contributed by atoms with van der Waals surface area (Å²) >= 11 is 0.